The Bertz CT molecular complexity index is 1040. The highest BCUT2D eigenvalue weighted by Gasteiger charge is 2.53. The predicted octanol–water partition coefficient (Wildman–Crippen LogP) is 6.46. The molecule has 0 spiro atoms. The second kappa shape index (κ2) is 7.03. The second-order valence-corrected chi connectivity index (χ2v) is 8.94. The molecule has 0 radical (unpaired) electrons. The quantitative estimate of drug-likeness (QED) is 0.536. The van der Waals surface area contributed by atoms with Gasteiger partial charge in [0.05, 0.1) is 16.6 Å². The van der Waals surface area contributed by atoms with E-state index in [1.54, 1.807) is 0 Å². The minimum Gasteiger partial charge on any atom is -0.324 e. The van der Waals surface area contributed by atoms with Crippen LogP contribution in [0, 0.1) is 17.8 Å². The number of amides is 1. The van der Waals surface area contributed by atoms with Crippen LogP contribution < -0.4 is 5.32 Å². The fourth-order valence-corrected chi connectivity index (χ4v) is 5.81. The molecule has 0 aromatic heterocycles. The molecule has 6 rings (SSSR count). The fraction of sp³-hybridized carbons (Fsp3) is 0.269. The number of hydrogen-bond donors (Lipinski definition) is 1. The van der Waals surface area contributed by atoms with E-state index in [1.165, 1.54) is 22.3 Å². The summed E-state index contributed by atoms with van der Waals surface area (Å²) in [6, 6.07) is 24.8. The Morgan fingerprint density at radius 2 is 1.28 bits per heavy atom. The third-order valence-corrected chi connectivity index (χ3v) is 7.02. The van der Waals surface area contributed by atoms with E-state index in [0.29, 0.717) is 16.6 Å². The average molecular weight is 402 g/mol. The number of nitrogens with one attached hydrogen (secondary N) is 1. The maximum atomic E-state index is 13.7. The number of rotatable bonds is 3. The Morgan fingerprint density at radius 3 is 1.79 bits per heavy atom. The van der Waals surface area contributed by atoms with E-state index in [2.05, 4.69) is 67.7 Å². The molecule has 0 saturated heterocycles. The van der Waals surface area contributed by atoms with Gasteiger partial charge in [-0.25, -0.2) is 0 Å². The van der Waals surface area contributed by atoms with E-state index in [-0.39, 0.29) is 29.6 Å². The van der Waals surface area contributed by atoms with Crippen molar-refractivity contribution in [2.24, 2.45) is 17.8 Å². The van der Waals surface area contributed by atoms with Crippen molar-refractivity contribution in [2.75, 3.05) is 5.32 Å². The monoisotopic (exact) mass is 401 g/mol. The molecule has 0 fully saturated rings. The van der Waals surface area contributed by atoms with E-state index < -0.39 is 0 Å². The summed E-state index contributed by atoms with van der Waals surface area (Å²) in [5, 5.41) is 3.71. The van der Waals surface area contributed by atoms with Gasteiger partial charge >= 0.3 is 0 Å². The first-order valence-electron chi connectivity index (χ1n) is 10.3. The van der Waals surface area contributed by atoms with Crippen LogP contribution >= 0.6 is 11.6 Å². The van der Waals surface area contributed by atoms with Gasteiger partial charge in [-0.15, -0.1) is 0 Å². The van der Waals surface area contributed by atoms with E-state index in [9.17, 15) is 4.79 Å². The van der Waals surface area contributed by atoms with Crippen molar-refractivity contribution in [1.29, 1.82) is 0 Å². The third-order valence-electron chi connectivity index (χ3n) is 6.70. The molecule has 29 heavy (non-hydrogen) atoms. The molecule has 0 heterocycles. The lowest BCUT2D eigenvalue weighted by molar-refractivity contribution is -0.123. The smallest absolute Gasteiger partial charge is 0.228 e. The topological polar surface area (TPSA) is 29.1 Å². The molecular weight excluding hydrogens is 378 g/mol. The Morgan fingerprint density at radius 1 is 0.793 bits per heavy atom. The summed E-state index contributed by atoms with van der Waals surface area (Å²) in [5.74, 6) is 0.882. The zero-order valence-corrected chi connectivity index (χ0v) is 17.4. The van der Waals surface area contributed by atoms with Crippen LogP contribution in [-0.4, -0.2) is 5.91 Å². The number of fused-ring (bicyclic) bond motifs is 1. The number of benzene rings is 3. The van der Waals surface area contributed by atoms with Crippen molar-refractivity contribution < 1.29 is 4.79 Å². The molecule has 3 aliphatic rings. The highest BCUT2D eigenvalue weighted by Crippen LogP contribution is 2.60. The van der Waals surface area contributed by atoms with Crippen LogP contribution in [0.5, 0.6) is 0 Å². The molecule has 3 heteroatoms. The second-order valence-electron chi connectivity index (χ2n) is 8.53. The van der Waals surface area contributed by atoms with Gasteiger partial charge in [0.1, 0.15) is 0 Å². The summed E-state index contributed by atoms with van der Waals surface area (Å²) in [6.45, 7) is 4.48. The van der Waals surface area contributed by atoms with Crippen LogP contribution in [0.2, 0.25) is 5.02 Å². The highest BCUT2D eigenvalue weighted by atomic mass is 35.5. The molecule has 146 valence electrons. The molecule has 1 amide bonds. The molecular formula is C26H24ClNO. The summed E-state index contributed by atoms with van der Waals surface area (Å²) in [7, 11) is 0. The molecule has 2 nitrogen and oxygen atoms in total. The van der Waals surface area contributed by atoms with E-state index >= 15 is 0 Å². The average Bonchev–Trinajstić information content (AvgIpc) is 2.74. The van der Waals surface area contributed by atoms with E-state index in [0.717, 1.165) is 0 Å². The van der Waals surface area contributed by atoms with E-state index in [4.69, 9.17) is 11.6 Å². The van der Waals surface area contributed by atoms with Crippen molar-refractivity contribution in [3.05, 3.63) is 100 Å². The summed E-state index contributed by atoms with van der Waals surface area (Å²) in [6.07, 6.45) is 0. The van der Waals surface area contributed by atoms with Gasteiger partial charge in [0.15, 0.2) is 0 Å². The number of carbonyl (C=O) groups excluding carboxylic acids is 1. The lowest BCUT2D eigenvalue weighted by Gasteiger charge is -2.51. The van der Waals surface area contributed by atoms with Crippen molar-refractivity contribution in [3.63, 3.8) is 0 Å². The summed E-state index contributed by atoms with van der Waals surface area (Å²) < 4.78 is 0. The maximum absolute atomic E-state index is 13.7. The molecule has 3 aliphatic carbocycles. The molecule has 3 aromatic carbocycles. The molecule has 0 saturated carbocycles. The normalized spacial score (nSPS) is 24.1. The summed E-state index contributed by atoms with van der Waals surface area (Å²) in [4.78, 5) is 13.7. The number of carbonyl (C=O) groups is 1. The molecule has 0 unspecified atom stereocenters. The van der Waals surface area contributed by atoms with E-state index in [1.807, 2.05) is 24.3 Å². The number of para-hydroxylation sites is 1. The fourth-order valence-electron chi connectivity index (χ4n) is 5.63. The maximum Gasteiger partial charge on any atom is 0.228 e. The van der Waals surface area contributed by atoms with Crippen molar-refractivity contribution in [2.45, 2.75) is 25.7 Å². The van der Waals surface area contributed by atoms with Crippen LogP contribution in [0.15, 0.2) is 72.8 Å². The van der Waals surface area contributed by atoms with Crippen LogP contribution in [0.3, 0.4) is 0 Å². The van der Waals surface area contributed by atoms with Crippen molar-refractivity contribution in [1.82, 2.24) is 0 Å². The first-order chi connectivity index (χ1) is 14.1. The zero-order chi connectivity index (χ0) is 20.1. The van der Waals surface area contributed by atoms with Gasteiger partial charge < -0.3 is 5.32 Å². The van der Waals surface area contributed by atoms with Crippen molar-refractivity contribution in [3.8, 4) is 0 Å². The Kier molecular flexibility index (Phi) is 4.48. The first kappa shape index (κ1) is 18.4. The van der Waals surface area contributed by atoms with Gasteiger partial charge in [0.2, 0.25) is 5.91 Å². The first-order valence-corrected chi connectivity index (χ1v) is 10.7. The van der Waals surface area contributed by atoms with Crippen LogP contribution in [0.1, 0.15) is 47.9 Å². The lowest BCUT2D eigenvalue weighted by Crippen LogP contribution is -2.47. The van der Waals surface area contributed by atoms with Gasteiger partial charge in [0.25, 0.3) is 0 Å². The summed E-state index contributed by atoms with van der Waals surface area (Å²) >= 11 is 6.33. The largest absolute Gasteiger partial charge is 0.324 e. The highest BCUT2D eigenvalue weighted by molar-refractivity contribution is 6.33. The van der Waals surface area contributed by atoms with Crippen LogP contribution in [0.4, 0.5) is 5.69 Å². The third kappa shape index (κ3) is 2.81. The van der Waals surface area contributed by atoms with Gasteiger partial charge in [-0.1, -0.05) is 86.1 Å². The van der Waals surface area contributed by atoms with Gasteiger partial charge in [0, 0.05) is 11.8 Å². The zero-order valence-electron chi connectivity index (χ0n) is 16.6. The summed E-state index contributed by atoms with van der Waals surface area (Å²) in [5.41, 5.74) is 6.05. The number of halogens is 1. The van der Waals surface area contributed by atoms with Crippen LogP contribution in [-0.2, 0) is 4.79 Å². The van der Waals surface area contributed by atoms with Gasteiger partial charge in [-0.2, -0.15) is 0 Å². The molecule has 2 atom stereocenters. The predicted molar refractivity (Wildman–Crippen MR) is 118 cm³/mol. The Balaban J connectivity index is 1.66. The van der Waals surface area contributed by atoms with Gasteiger partial charge in [-0.3, -0.25) is 4.79 Å². The lowest BCUT2D eigenvalue weighted by atomic mass is 9.52. The molecule has 1 N–H and O–H groups in total. The Labute approximate surface area is 176 Å². The molecule has 3 aromatic rings. The number of hydrogen-bond acceptors (Lipinski definition) is 1. The molecule has 2 bridgehead atoms. The van der Waals surface area contributed by atoms with Crippen LogP contribution in [0.25, 0.3) is 0 Å². The van der Waals surface area contributed by atoms with Gasteiger partial charge in [-0.05, 0) is 46.2 Å². The minimum atomic E-state index is -0.124. The van der Waals surface area contributed by atoms with Crippen molar-refractivity contribution >= 4 is 23.2 Å². The number of anilines is 1. The Hall–Kier alpha value is -2.58. The minimum absolute atomic E-state index is 0.0656. The standard InChI is InChI=1S/C26H24ClNO/c1-15(2)22-23-16-9-3-5-11-18(16)24(19-12-6-4-10-17(19)23)25(22)26(29)28-21-14-8-7-13-20(21)27/h3-15,22-25H,1-2H3,(H,28,29)/t22-,23?,24?,25-/m1/s1. The SMILES string of the molecule is CC(C)[C@@H]1C2c3ccccc3C(c3ccccc32)[C@@H]1C(=O)Nc1ccccc1Cl. The molecule has 0 aliphatic heterocycles.